The number of fused-ring (bicyclic) bond motifs is 1. The highest BCUT2D eigenvalue weighted by molar-refractivity contribution is 6.01. The van der Waals surface area contributed by atoms with Crippen LogP contribution in [0.15, 0.2) is 78.9 Å². The largest absolute Gasteiger partial charge is 0.497 e. The van der Waals surface area contributed by atoms with Gasteiger partial charge in [-0.25, -0.2) is 4.68 Å². The maximum atomic E-state index is 13.9. The molecule has 9 heteroatoms. The summed E-state index contributed by atoms with van der Waals surface area (Å²) < 4.78 is 12.0. The molecule has 0 radical (unpaired) electrons. The zero-order valence-corrected chi connectivity index (χ0v) is 19.6. The van der Waals surface area contributed by atoms with Crippen LogP contribution in [0.3, 0.4) is 0 Å². The number of aromatic nitrogens is 3. The molecule has 0 aliphatic heterocycles. The summed E-state index contributed by atoms with van der Waals surface area (Å²) in [6.07, 6.45) is 0. The topological polar surface area (TPSA) is 98.6 Å². The normalized spacial score (nSPS) is 11.7. The molecule has 0 bridgehead atoms. The summed E-state index contributed by atoms with van der Waals surface area (Å²) >= 11 is 0. The van der Waals surface area contributed by atoms with Gasteiger partial charge in [-0.15, -0.1) is 5.10 Å². The fourth-order valence-electron chi connectivity index (χ4n) is 3.87. The minimum atomic E-state index is -0.952. The Kier molecular flexibility index (Phi) is 7.69. The zero-order valence-electron chi connectivity index (χ0n) is 19.6. The van der Waals surface area contributed by atoms with Gasteiger partial charge in [0.1, 0.15) is 23.9 Å². The van der Waals surface area contributed by atoms with Gasteiger partial charge in [0.05, 0.1) is 19.2 Å². The fraction of sp³-hybridized carbons (Fsp3) is 0.231. The molecule has 2 amide bonds. The van der Waals surface area contributed by atoms with Crippen LogP contribution in [0.5, 0.6) is 5.75 Å². The van der Waals surface area contributed by atoms with Crippen LogP contribution < -0.4 is 15.0 Å². The van der Waals surface area contributed by atoms with Gasteiger partial charge in [0.2, 0.25) is 11.8 Å². The molecular weight excluding hydrogens is 446 g/mol. The van der Waals surface area contributed by atoms with E-state index in [1.54, 1.807) is 55.3 Å². The Morgan fingerprint density at radius 2 is 1.77 bits per heavy atom. The van der Waals surface area contributed by atoms with Crippen molar-refractivity contribution in [2.24, 2.45) is 0 Å². The number of ether oxygens (including phenoxy) is 2. The Morgan fingerprint density at radius 3 is 2.54 bits per heavy atom. The van der Waals surface area contributed by atoms with Gasteiger partial charge in [0, 0.05) is 19.3 Å². The molecule has 4 aromatic rings. The molecule has 3 aromatic carbocycles. The van der Waals surface area contributed by atoms with Crippen molar-refractivity contribution in [1.29, 1.82) is 0 Å². The van der Waals surface area contributed by atoms with Crippen molar-refractivity contribution in [2.75, 3.05) is 32.3 Å². The van der Waals surface area contributed by atoms with Crippen molar-refractivity contribution < 1.29 is 19.1 Å². The minimum absolute atomic E-state index is 0.0960. The fourth-order valence-corrected chi connectivity index (χ4v) is 3.87. The van der Waals surface area contributed by atoms with Crippen molar-refractivity contribution in [3.05, 3.63) is 84.4 Å². The maximum Gasteiger partial charge on any atom is 0.249 e. The monoisotopic (exact) mass is 473 g/mol. The first-order valence-electron chi connectivity index (χ1n) is 11.2. The van der Waals surface area contributed by atoms with E-state index < -0.39 is 6.04 Å². The third-order valence-corrected chi connectivity index (χ3v) is 5.53. The lowest BCUT2D eigenvalue weighted by atomic mass is 10.0. The van der Waals surface area contributed by atoms with Gasteiger partial charge in [-0.2, -0.15) is 0 Å². The molecule has 1 atom stereocenters. The van der Waals surface area contributed by atoms with Crippen LogP contribution in [0.25, 0.3) is 11.0 Å². The van der Waals surface area contributed by atoms with Gasteiger partial charge in [-0.3, -0.25) is 14.5 Å². The molecule has 180 valence electrons. The second-order valence-electron chi connectivity index (χ2n) is 7.80. The van der Waals surface area contributed by atoms with E-state index in [9.17, 15) is 9.59 Å². The molecule has 4 rings (SSSR count). The van der Waals surface area contributed by atoms with Crippen LogP contribution in [0.2, 0.25) is 0 Å². The second kappa shape index (κ2) is 11.3. The molecule has 0 aliphatic carbocycles. The average molecular weight is 474 g/mol. The van der Waals surface area contributed by atoms with Crippen LogP contribution in [0.1, 0.15) is 11.6 Å². The molecule has 0 spiro atoms. The van der Waals surface area contributed by atoms with E-state index in [1.165, 1.54) is 4.90 Å². The van der Waals surface area contributed by atoms with Crippen LogP contribution in [0, 0.1) is 0 Å². The van der Waals surface area contributed by atoms with Gasteiger partial charge < -0.3 is 14.8 Å². The third kappa shape index (κ3) is 5.47. The zero-order chi connectivity index (χ0) is 24.6. The lowest BCUT2D eigenvalue weighted by Gasteiger charge is -2.31. The van der Waals surface area contributed by atoms with Crippen LogP contribution in [0.4, 0.5) is 5.69 Å². The van der Waals surface area contributed by atoms with E-state index in [4.69, 9.17) is 9.47 Å². The van der Waals surface area contributed by atoms with Gasteiger partial charge >= 0.3 is 0 Å². The van der Waals surface area contributed by atoms with Gasteiger partial charge in [-0.1, -0.05) is 47.7 Å². The number of methoxy groups -OCH3 is 2. The van der Waals surface area contributed by atoms with Crippen molar-refractivity contribution >= 4 is 28.5 Å². The summed E-state index contributed by atoms with van der Waals surface area (Å²) in [5.74, 6) is -0.0718. The minimum Gasteiger partial charge on any atom is -0.497 e. The molecule has 0 saturated carbocycles. The predicted octanol–water partition coefficient (Wildman–Crippen LogP) is 2.98. The molecule has 0 saturated heterocycles. The highest BCUT2D eigenvalue weighted by atomic mass is 16.5. The molecule has 1 heterocycles. The number of rotatable bonds is 10. The molecular formula is C26H27N5O4. The highest BCUT2D eigenvalue weighted by Crippen LogP contribution is 2.30. The van der Waals surface area contributed by atoms with Crippen LogP contribution in [-0.2, 0) is 20.9 Å². The van der Waals surface area contributed by atoms with E-state index >= 15 is 0 Å². The van der Waals surface area contributed by atoms with Gasteiger partial charge in [-0.05, 0) is 42.0 Å². The van der Waals surface area contributed by atoms with Crippen LogP contribution in [-0.4, -0.2) is 54.2 Å². The number of amides is 2. The van der Waals surface area contributed by atoms with E-state index in [0.717, 1.165) is 5.52 Å². The van der Waals surface area contributed by atoms with Crippen LogP contribution >= 0.6 is 0 Å². The summed E-state index contributed by atoms with van der Waals surface area (Å²) in [6.45, 7) is 0.558. The first-order valence-corrected chi connectivity index (χ1v) is 11.2. The van der Waals surface area contributed by atoms with Crippen molar-refractivity contribution in [3.63, 3.8) is 0 Å². The van der Waals surface area contributed by atoms with E-state index in [-0.39, 0.29) is 18.4 Å². The summed E-state index contributed by atoms with van der Waals surface area (Å²) in [5, 5.41) is 11.2. The lowest BCUT2D eigenvalue weighted by Crippen LogP contribution is -2.46. The average Bonchev–Trinajstić information content (AvgIpc) is 3.30. The number of para-hydroxylation sites is 2. The van der Waals surface area contributed by atoms with Crippen molar-refractivity contribution in [3.8, 4) is 5.75 Å². The van der Waals surface area contributed by atoms with Crippen molar-refractivity contribution in [2.45, 2.75) is 12.6 Å². The van der Waals surface area contributed by atoms with E-state index in [1.807, 2.05) is 42.5 Å². The Morgan fingerprint density at radius 1 is 1.00 bits per heavy atom. The lowest BCUT2D eigenvalue weighted by molar-refractivity contribution is -0.127. The van der Waals surface area contributed by atoms with E-state index in [2.05, 4.69) is 15.6 Å². The number of nitrogens with zero attached hydrogens (tertiary/aromatic N) is 4. The Hall–Kier alpha value is -4.24. The first-order chi connectivity index (χ1) is 17.1. The molecule has 0 unspecified atom stereocenters. The molecule has 1 N–H and O–H groups in total. The second-order valence-corrected chi connectivity index (χ2v) is 7.80. The number of hydrogen-bond acceptors (Lipinski definition) is 6. The Balaban J connectivity index is 1.77. The third-order valence-electron chi connectivity index (χ3n) is 5.53. The standard InChI is InChI=1S/C26H27N5O4/c1-34-16-15-27-26(33)25(19-9-8-12-21(17-19)35-2)31(20-10-4-3-5-11-20)24(32)18-30-23-14-7-6-13-22(23)28-29-30/h3-14,17,25H,15-16,18H2,1-2H3,(H,27,33)/t25-/m0/s1. The number of carbonyl (C=O) groups excluding carboxylic acids is 2. The Bertz CT molecular complexity index is 1290. The number of nitrogens with one attached hydrogen (secondary N) is 1. The number of hydrogen-bond donors (Lipinski definition) is 1. The van der Waals surface area contributed by atoms with Gasteiger partial charge in [0.15, 0.2) is 0 Å². The summed E-state index contributed by atoms with van der Waals surface area (Å²) in [4.78, 5) is 28.9. The molecule has 9 nitrogen and oxygen atoms in total. The van der Waals surface area contributed by atoms with E-state index in [0.29, 0.717) is 35.7 Å². The number of anilines is 1. The first kappa shape index (κ1) is 23.9. The maximum absolute atomic E-state index is 13.9. The quantitative estimate of drug-likeness (QED) is 0.356. The van der Waals surface area contributed by atoms with Gasteiger partial charge in [0.25, 0.3) is 0 Å². The molecule has 1 aromatic heterocycles. The molecule has 35 heavy (non-hydrogen) atoms. The predicted molar refractivity (Wildman–Crippen MR) is 132 cm³/mol. The summed E-state index contributed by atoms with van der Waals surface area (Å²) in [7, 11) is 3.12. The molecule has 0 fully saturated rings. The Labute approximate surface area is 203 Å². The molecule has 0 aliphatic rings. The number of benzene rings is 3. The summed E-state index contributed by atoms with van der Waals surface area (Å²) in [5.41, 5.74) is 2.61. The summed E-state index contributed by atoms with van der Waals surface area (Å²) in [6, 6.07) is 22.7. The number of carbonyl (C=O) groups is 2. The van der Waals surface area contributed by atoms with Crippen molar-refractivity contribution in [1.82, 2.24) is 20.3 Å². The highest BCUT2D eigenvalue weighted by Gasteiger charge is 2.33. The smallest absolute Gasteiger partial charge is 0.249 e. The SMILES string of the molecule is COCCNC(=O)[C@H](c1cccc(OC)c1)N(C(=O)Cn1nnc2ccccc21)c1ccccc1.